The Bertz CT molecular complexity index is 447. The van der Waals surface area contributed by atoms with E-state index in [-0.39, 0.29) is 35.0 Å². The molecule has 2 aromatic carbocycles. The maximum atomic E-state index is 2.26. The monoisotopic (exact) mass is 207 g/mol. The third-order valence-corrected chi connectivity index (χ3v) is 2.60. The fourth-order valence-corrected chi connectivity index (χ4v) is 1.88. The van der Waals surface area contributed by atoms with Crippen LogP contribution in [0, 0.1) is 0 Å². The predicted molar refractivity (Wildman–Crippen MR) is 62.6 cm³/mol. The van der Waals surface area contributed by atoms with Gasteiger partial charge in [0.05, 0.1) is 0 Å². The Labute approximate surface area is 114 Å². The van der Waals surface area contributed by atoms with Gasteiger partial charge in [-0.25, -0.2) is 0 Å². The van der Waals surface area contributed by atoms with Crippen molar-refractivity contribution in [1.29, 1.82) is 0 Å². The van der Waals surface area contributed by atoms with Crippen LogP contribution in [0.15, 0.2) is 42.5 Å². The van der Waals surface area contributed by atoms with E-state index < -0.39 is 0 Å². The molecule has 0 fully saturated rings. The van der Waals surface area contributed by atoms with E-state index in [0.717, 1.165) is 0 Å². The molecule has 0 aromatic heterocycles. The summed E-state index contributed by atoms with van der Waals surface area (Å²) in [5, 5.41) is 2.71. The molecular formula is C14H16Na+. The van der Waals surface area contributed by atoms with E-state index in [2.05, 4.69) is 63.2 Å². The Morgan fingerprint density at radius 2 is 1.40 bits per heavy atom. The maximum absolute atomic E-state index is 2.26. The minimum atomic E-state index is 0. The van der Waals surface area contributed by atoms with Gasteiger partial charge in [0.1, 0.15) is 0 Å². The molecule has 0 bridgehead atoms. The van der Waals surface area contributed by atoms with Crippen molar-refractivity contribution < 1.29 is 29.6 Å². The van der Waals surface area contributed by atoms with Crippen molar-refractivity contribution in [3.63, 3.8) is 0 Å². The topological polar surface area (TPSA) is 0 Å². The number of hydrogen-bond donors (Lipinski definition) is 0. The van der Waals surface area contributed by atoms with Crippen molar-refractivity contribution >= 4 is 10.8 Å². The van der Waals surface area contributed by atoms with Gasteiger partial charge in [0, 0.05) is 0 Å². The Hall–Kier alpha value is -0.300. The van der Waals surface area contributed by atoms with E-state index >= 15 is 0 Å². The number of rotatable bonds is 0. The molecular weight excluding hydrogens is 191 g/mol. The summed E-state index contributed by atoms with van der Waals surface area (Å²) in [6.45, 7) is 6.78. The molecule has 0 aliphatic rings. The van der Waals surface area contributed by atoms with E-state index in [0.29, 0.717) is 0 Å². The molecule has 72 valence electrons. The van der Waals surface area contributed by atoms with Gasteiger partial charge >= 0.3 is 29.6 Å². The first-order valence-electron chi connectivity index (χ1n) is 5.07. The van der Waals surface area contributed by atoms with Crippen LogP contribution in [0.2, 0.25) is 0 Å². The summed E-state index contributed by atoms with van der Waals surface area (Å²) in [4.78, 5) is 0. The van der Waals surface area contributed by atoms with Gasteiger partial charge in [0.2, 0.25) is 0 Å². The average Bonchev–Trinajstić information content (AvgIpc) is 2.15. The second-order valence-electron chi connectivity index (χ2n) is 4.78. The third kappa shape index (κ3) is 2.63. The minimum Gasteiger partial charge on any atom is -0.0616 e. The zero-order valence-corrected chi connectivity index (χ0v) is 12.0. The van der Waals surface area contributed by atoms with E-state index in [1.165, 1.54) is 16.3 Å². The molecule has 0 heterocycles. The van der Waals surface area contributed by atoms with E-state index in [1.54, 1.807) is 0 Å². The van der Waals surface area contributed by atoms with Gasteiger partial charge in [-0.1, -0.05) is 63.2 Å². The van der Waals surface area contributed by atoms with Crippen LogP contribution >= 0.6 is 0 Å². The molecule has 2 rings (SSSR count). The van der Waals surface area contributed by atoms with Crippen LogP contribution in [0.3, 0.4) is 0 Å². The van der Waals surface area contributed by atoms with Crippen molar-refractivity contribution in [3.05, 3.63) is 48.0 Å². The Balaban J connectivity index is 0.00000112. The number of fused-ring (bicyclic) bond motifs is 1. The Morgan fingerprint density at radius 1 is 0.800 bits per heavy atom. The summed E-state index contributed by atoms with van der Waals surface area (Å²) in [5.74, 6) is 0. The molecule has 0 N–H and O–H groups in total. The van der Waals surface area contributed by atoms with Crippen molar-refractivity contribution in [2.45, 2.75) is 26.2 Å². The van der Waals surface area contributed by atoms with Gasteiger partial charge in [-0.15, -0.1) is 0 Å². The van der Waals surface area contributed by atoms with Crippen molar-refractivity contribution in [2.24, 2.45) is 0 Å². The van der Waals surface area contributed by atoms with Gasteiger partial charge < -0.3 is 0 Å². The molecule has 1 heteroatoms. The summed E-state index contributed by atoms with van der Waals surface area (Å²) < 4.78 is 0. The quantitative estimate of drug-likeness (QED) is 0.568. The minimum absolute atomic E-state index is 0. The van der Waals surface area contributed by atoms with E-state index in [9.17, 15) is 0 Å². The van der Waals surface area contributed by atoms with Crippen LogP contribution in [-0.2, 0) is 5.41 Å². The van der Waals surface area contributed by atoms with Crippen LogP contribution < -0.4 is 29.6 Å². The molecule has 0 saturated carbocycles. The molecule has 0 saturated heterocycles. The SMILES string of the molecule is CC(C)(C)c1cccc2ccccc12.[Na+]. The van der Waals surface area contributed by atoms with Crippen LogP contribution in [0.1, 0.15) is 26.3 Å². The average molecular weight is 207 g/mol. The fourth-order valence-electron chi connectivity index (χ4n) is 1.88. The predicted octanol–water partition coefficient (Wildman–Crippen LogP) is 1.14. The zero-order valence-electron chi connectivity index (χ0n) is 10.0. The molecule has 0 atom stereocenters. The van der Waals surface area contributed by atoms with Crippen LogP contribution in [0.25, 0.3) is 10.8 Å². The zero-order chi connectivity index (χ0) is 10.2. The van der Waals surface area contributed by atoms with Crippen LogP contribution in [0.5, 0.6) is 0 Å². The fraction of sp³-hybridized carbons (Fsp3) is 0.286. The van der Waals surface area contributed by atoms with E-state index in [4.69, 9.17) is 0 Å². The number of benzene rings is 2. The van der Waals surface area contributed by atoms with Crippen molar-refractivity contribution in [2.75, 3.05) is 0 Å². The van der Waals surface area contributed by atoms with Gasteiger partial charge in [-0.3, -0.25) is 0 Å². The summed E-state index contributed by atoms with van der Waals surface area (Å²) in [7, 11) is 0. The summed E-state index contributed by atoms with van der Waals surface area (Å²) in [5.41, 5.74) is 1.65. The summed E-state index contributed by atoms with van der Waals surface area (Å²) in [6.07, 6.45) is 0. The summed E-state index contributed by atoms with van der Waals surface area (Å²) >= 11 is 0. The normalized spacial score (nSPS) is 11.1. The molecule has 15 heavy (non-hydrogen) atoms. The first kappa shape index (κ1) is 12.8. The van der Waals surface area contributed by atoms with Gasteiger partial charge in [-0.2, -0.15) is 0 Å². The molecule has 0 spiro atoms. The number of hydrogen-bond acceptors (Lipinski definition) is 0. The standard InChI is InChI=1S/C14H16.Na/c1-14(2,3)13-10-6-8-11-7-4-5-9-12(11)13;/h4-10H,1-3H3;/q;+1. The van der Waals surface area contributed by atoms with Crippen molar-refractivity contribution in [3.8, 4) is 0 Å². The molecule has 0 unspecified atom stereocenters. The second kappa shape index (κ2) is 4.69. The molecule has 0 aliphatic carbocycles. The third-order valence-electron chi connectivity index (χ3n) is 2.60. The summed E-state index contributed by atoms with van der Waals surface area (Å²) in [6, 6.07) is 15.1. The first-order valence-corrected chi connectivity index (χ1v) is 5.07. The van der Waals surface area contributed by atoms with Crippen LogP contribution in [0.4, 0.5) is 0 Å². The molecule has 0 radical (unpaired) electrons. The molecule has 0 amide bonds. The van der Waals surface area contributed by atoms with E-state index in [1.807, 2.05) is 0 Å². The van der Waals surface area contributed by atoms with Gasteiger partial charge in [0.25, 0.3) is 0 Å². The smallest absolute Gasteiger partial charge is 0.0616 e. The Morgan fingerprint density at radius 3 is 2.07 bits per heavy atom. The van der Waals surface area contributed by atoms with Gasteiger partial charge in [0.15, 0.2) is 0 Å². The van der Waals surface area contributed by atoms with Gasteiger partial charge in [-0.05, 0) is 21.8 Å². The molecule has 0 nitrogen and oxygen atoms in total. The van der Waals surface area contributed by atoms with Crippen LogP contribution in [-0.4, -0.2) is 0 Å². The molecule has 0 aliphatic heterocycles. The first-order chi connectivity index (χ1) is 6.59. The Kier molecular flexibility index (Phi) is 3.99. The molecule has 2 aromatic rings. The maximum Gasteiger partial charge on any atom is 1.00 e. The largest absolute Gasteiger partial charge is 1.00 e. The van der Waals surface area contributed by atoms with Crippen molar-refractivity contribution in [1.82, 2.24) is 0 Å². The second-order valence-corrected chi connectivity index (χ2v) is 4.78.